The van der Waals surface area contributed by atoms with E-state index in [1.54, 1.807) is 0 Å². The lowest BCUT2D eigenvalue weighted by Gasteiger charge is -2.22. The number of hydrogen-bond donors (Lipinski definition) is 22. The zero-order valence-electron chi connectivity index (χ0n) is 35.7. The fourth-order valence-electron chi connectivity index (χ4n) is 2.76. The van der Waals surface area contributed by atoms with E-state index in [9.17, 15) is 4.79 Å². The molecule has 22 N–H and O–H groups in total. The predicted octanol–water partition coefficient (Wildman–Crippen LogP) is -14.1. The van der Waals surface area contributed by atoms with E-state index < -0.39 is 128 Å². The smallest absolute Gasteiger partial charge is 0.183 e. The maximum atomic E-state index is 9.51. The molecule has 4 unspecified atom stereocenters. The first-order valence-electron chi connectivity index (χ1n) is 18.8. The molecule has 0 amide bonds. The van der Waals surface area contributed by atoms with Crippen LogP contribution in [0, 0.1) is 0 Å². The van der Waals surface area contributed by atoms with Crippen LogP contribution in [0.3, 0.4) is 0 Å². The molecule has 0 spiro atoms. The molecule has 408 valence electrons. The summed E-state index contributed by atoms with van der Waals surface area (Å²) >= 11 is 0. The van der Waals surface area contributed by atoms with Gasteiger partial charge < -0.3 is 174 Å². The number of ether oxygens (including phenoxy) is 11. The third-order valence-electron chi connectivity index (χ3n) is 5.46. The fraction of sp³-hybridized carbons (Fsp3) is 0.938. The van der Waals surface area contributed by atoms with Gasteiger partial charge in [-0.05, 0) is 0 Å². The Hall–Kier alpha value is -1.98. The average molecular weight is 1010 g/mol. The van der Waals surface area contributed by atoms with Gasteiger partial charge in [-0.25, -0.2) is 0 Å². The lowest BCUT2D eigenvalue weighted by molar-refractivity contribution is -0.263. The Labute approximate surface area is 380 Å². The largest absolute Gasteiger partial charge is 0.391 e. The summed E-state index contributed by atoms with van der Waals surface area (Å²) in [6.07, 6.45) is -14.0. The molecule has 0 bridgehead atoms. The normalized spacial score (nSPS) is 25.6. The van der Waals surface area contributed by atoms with Crippen molar-refractivity contribution >= 4 is 12.6 Å². The van der Waals surface area contributed by atoms with Gasteiger partial charge in [0.2, 0.25) is 0 Å². The molecule has 4 aliphatic heterocycles. The highest BCUT2D eigenvalue weighted by atomic mass is 16.8. The van der Waals surface area contributed by atoms with Gasteiger partial charge in [0.15, 0.2) is 88.1 Å². The first kappa shape index (κ1) is 74.0. The van der Waals surface area contributed by atoms with Crippen molar-refractivity contribution in [3.63, 3.8) is 0 Å². The van der Waals surface area contributed by atoms with E-state index in [-0.39, 0.29) is 66.1 Å². The Balaban J connectivity index is -0.000000217. The van der Waals surface area contributed by atoms with Crippen LogP contribution in [0.1, 0.15) is 0 Å². The van der Waals surface area contributed by atoms with Crippen LogP contribution < -0.4 is 0 Å². The molecule has 67 heavy (non-hydrogen) atoms. The Morgan fingerprint density at radius 2 is 0.716 bits per heavy atom. The Bertz CT molecular complexity index is 909. The van der Waals surface area contributed by atoms with Crippen LogP contribution in [-0.2, 0) is 61.7 Å². The van der Waals surface area contributed by atoms with Crippen LogP contribution >= 0.6 is 0 Å². The summed E-state index contributed by atoms with van der Waals surface area (Å²) in [5, 5.41) is 181. The van der Waals surface area contributed by atoms with Gasteiger partial charge in [-0.2, -0.15) is 0 Å². The molecule has 0 aromatic rings. The van der Waals surface area contributed by atoms with Gasteiger partial charge in [0.05, 0.1) is 52.9 Å². The zero-order valence-corrected chi connectivity index (χ0v) is 35.7. The number of carbonyl (C=O) groups is 2. The van der Waals surface area contributed by atoms with Crippen LogP contribution in [0.25, 0.3) is 0 Å². The second-order valence-corrected chi connectivity index (χ2v) is 11.2. The van der Waals surface area contributed by atoms with Crippen LogP contribution in [0.2, 0.25) is 0 Å². The molecule has 4 fully saturated rings. The first-order chi connectivity index (χ1) is 31.6. The van der Waals surface area contributed by atoms with Crippen LogP contribution in [0.15, 0.2) is 0 Å². The molecule has 0 saturated carbocycles. The Kier molecular flexibility index (Phi) is 58.9. The van der Waals surface area contributed by atoms with Crippen molar-refractivity contribution in [2.45, 2.75) is 88.1 Å². The van der Waals surface area contributed by atoms with Crippen molar-refractivity contribution in [3.05, 3.63) is 0 Å². The molecule has 12 atom stereocenters. The maximum absolute atomic E-state index is 9.51. The molecule has 35 heteroatoms. The number of rotatable bonds is 16. The number of carbonyl (C=O) groups excluding carboxylic acids is 2. The van der Waals surface area contributed by atoms with Gasteiger partial charge in [0, 0.05) is 0 Å². The van der Waals surface area contributed by atoms with Gasteiger partial charge >= 0.3 is 0 Å². The SMILES string of the molecule is O=CCO.O=CCOC(O)CO.OCC(O)O.OCC(O)OC(O)CO.OCC(O)OCC(O)O.OC[C@H]1OC[C@@H](O)O1.OC[C@H]1OC[C@H](O)O1.O[C@@H]1CO[C@@H](O)CO1.O[C@@H]1CO[C@H](O)CO1. The standard InChI is InChI=1S/2C4H10O5.5C4H8O4.C2H6O3.C2H4O2/c5-1-4(8)9-2-3(6)7;5-1-3(7)9-4(8)2-6;2*5-1-4-7-2-3(6)8-4;2*5-3-1-7-4(6)2-8-3;5-1-2-8-4(7)3-6;3-1-2(4)5;3-1-2-4/h2*3-8H,1-2H2;4*3-6H,1-2H2;1,4,6-7H,2-3H2;2-5H,1H2;1,4H,2H2/t;;3-,4+;3-,4-;3-,4+;3-,4-;;;/m..10.0.../s1. The van der Waals surface area contributed by atoms with Crippen molar-refractivity contribution in [1.29, 1.82) is 0 Å². The van der Waals surface area contributed by atoms with E-state index in [1.807, 2.05) is 0 Å². The van der Waals surface area contributed by atoms with E-state index >= 15 is 0 Å². The Morgan fingerprint density at radius 1 is 0.418 bits per heavy atom. The summed E-state index contributed by atoms with van der Waals surface area (Å²) in [5.74, 6) is 0. The number of aliphatic hydroxyl groups excluding tert-OH is 20. The lowest BCUT2D eigenvalue weighted by atomic mass is 10.5. The average Bonchev–Trinajstić information content (AvgIpc) is 3.97. The number of hydrogen-bond acceptors (Lipinski definition) is 35. The lowest BCUT2D eigenvalue weighted by Crippen LogP contribution is -2.34. The minimum Gasteiger partial charge on any atom is -0.391 e. The first-order valence-corrected chi connectivity index (χ1v) is 18.8. The van der Waals surface area contributed by atoms with Crippen LogP contribution in [0.4, 0.5) is 0 Å². The molecule has 4 saturated heterocycles. The number of aliphatic hydroxyl groups is 22. The van der Waals surface area contributed by atoms with E-state index in [1.165, 1.54) is 0 Å². The molecule has 0 aromatic carbocycles. The maximum Gasteiger partial charge on any atom is 0.183 e. The topological polar surface area (TPSA) is 581 Å². The van der Waals surface area contributed by atoms with Gasteiger partial charge in [0.1, 0.15) is 65.4 Å². The van der Waals surface area contributed by atoms with Crippen LogP contribution in [-0.4, -0.2) is 319 Å². The number of aldehydes is 2. The molecule has 35 nitrogen and oxygen atoms in total. The highest BCUT2D eigenvalue weighted by Crippen LogP contribution is 2.08. The highest BCUT2D eigenvalue weighted by Gasteiger charge is 2.23. The van der Waals surface area contributed by atoms with Crippen molar-refractivity contribution in [2.24, 2.45) is 0 Å². The quantitative estimate of drug-likeness (QED) is 0.0504. The van der Waals surface area contributed by atoms with Gasteiger partial charge in [-0.3, -0.25) is 0 Å². The van der Waals surface area contributed by atoms with Crippen molar-refractivity contribution in [3.8, 4) is 0 Å². The van der Waals surface area contributed by atoms with E-state index in [0.717, 1.165) is 0 Å². The Morgan fingerprint density at radius 3 is 0.896 bits per heavy atom. The third kappa shape index (κ3) is 60.1. The van der Waals surface area contributed by atoms with E-state index in [0.29, 0.717) is 12.6 Å². The summed E-state index contributed by atoms with van der Waals surface area (Å²) < 4.78 is 49.5. The monoisotopic (exact) mass is 1010 g/mol. The predicted molar refractivity (Wildman–Crippen MR) is 204 cm³/mol. The molecule has 0 aliphatic carbocycles. The zero-order chi connectivity index (χ0) is 52.6. The summed E-state index contributed by atoms with van der Waals surface area (Å²) in [6, 6.07) is 0. The van der Waals surface area contributed by atoms with Gasteiger partial charge in [-0.15, -0.1) is 0 Å². The van der Waals surface area contributed by atoms with Crippen molar-refractivity contribution in [2.75, 3.05) is 106 Å². The highest BCUT2D eigenvalue weighted by molar-refractivity contribution is 5.50. The second kappa shape index (κ2) is 53.4. The van der Waals surface area contributed by atoms with Crippen molar-refractivity contribution in [1.82, 2.24) is 0 Å². The summed E-state index contributed by atoms with van der Waals surface area (Å²) in [4.78, 5) is 18.4. The molecule has 4 heterocycles. The molecular weight excluding hydrogens is 944 g/mol. The van der Waals surface area contributed by atoms with E-state index in [4.69, 9.17) is 127 Å². The molecule has 0 aromatic heterocycles. The summed E-state index contributed by atoms with van der Waals surface area (Å²) in [7, 11) is 0. The molecule has 4 rings (SSSR count). The molecular formula is C32H70O35. The summed E-state index contributed by atoms with van der Waals surface area (Å²) in [6.45, 7) is -3.60. The van der Waals surface area contributed by atoms with Gasteiger partial charge in [-0.1, -0.05) is 0 Å². The second-order valence-electron chi connectivity index (χ2n) is 11.2. The van der Waals surface area contributed by atoms with Gasteiger partial charge in [0.25, 0.3) is 0 Å². The molecule has 4 aliphatic rings. The van der Waals surface area contributed by atoms with Crippen molar-refractivity contribution < 1.29 is 174 Å². The summed E-state index contributed by atoms with van der Waals surface area (Å²) in [5.41, 5.74) is 0. The molecule has 0 radical (unpaired) electrons. The third-order valence-corrected chi connectivity index (χ3v) is 5.46. The minimum atomic E-state index is -1.61. The van der Waals surface area contributed by atoms with Crippen LogP contribution in [0.5, 0.6) is 0 Å². The van der Waals surface area contributed by atoms with E-state index in [2.05, 4.69) is 42.6 Å². The minimum absolute atomic E-state index is 0.0567. The fourth-order valence-corrected chi connectivity index (χ4v) is 2.76.